The number of nitrogens with one attached hydrogen (secondary N) is 1. The zero-order valence-electron chi connectivity index (χ0n) is 44.7. The van der Waals surface area contributed by atoms with Gasteiger partial charge in [-0.3, -0.25) is 0 Å². The van der Waals surface area contributed by atoms with Gasteiger partial charge in [-0.2, -0.15) is 0 Å². The predicted octanol–water partition coefficient (Wildman–Crippen LogP) is 18.8. The van der Waals surface area contributed by atoms with E-state index in [-0.39, 0.29) is 5.41 Å². The monoisotopic (exact) mass is 1030 g/mol. The Bertz CT molecular complexity index is 4420. The molecule has 0 bridgehead atoms. The number of hydrogen-bond acceptors (Lipinski definition) is 5. The number of ether oxygens (including phenoxy) is 1. The summed E-state index contributed by atoms with van der Waals surface area (Å²) in [5.41, 5.74) is 21.7. The van der Waals surface area contributed by atoms with Crippen LogP contribution in [0.4, 0.5) is 51.2 Å². The maximum absolute atomic E-state index is 7.00. The SMILES string of the molecule is CCc1ccc(N2c3cc4c(cc3[B]c3c(-c5ccc(N(c6ccccc6)c6ccccc6)c6c5[nH]c5oc7ccccc7c56)cc(N(c5ccccc5)c5ccccc5)cc32)C(C)(C)c2ccccc2O4)c(-c2ccccc2)c1. The first-order valence-corrected chi connectivity index (χ1v) is 27.6. The van der Waals surface area contributed by atoms with Crippen LogP contribution >= 0.6 is 0 Å². The lowest BCUT2D eigenvalue weighted by Crippen LogP contribution is -2.42. The van der Waals surface area contributed by atoms with E-state index in [0.717, 1.165) is 141 Å². The number of benzene rings is 11. The van der Waals surface area contributed by atoms with Crippen LogP contribution in [0.15, 0.2) is 259 Å². The van der Waals surface area contributed by atoms with Crippen molar-refractivity contribution in [2.75, 3.05) is 14.7 Å². The molecule has 6 nitrogen and oxygen atoms in total. The largest absolute Gasteiger partial charge is 0.457 e. The topological polar surface area (TPSA) is 47.9 Å². The summed E-state index contributed by atoms with van der Waals surface area (Å²) in [5, 5.41) is 3.16. The fraction of sp³-hybridized carbons (Fsp3) is 0.0685. The average molecular weight is 1030 g/mol. The maximum Gasteiger partial charge on any atom is 0.206 e. The van der Waals surface area contributed by atoms with Crippen molar-refractivity contribution >= 4 is 102 Å². The van der Waals surface area contributed by atoms with Crippen LogP contribution in [0.2, 0.25) is 0 Å². The third kappa shape index (κ3) is 7.64. The van der Waals surface area contributed by atoms with E-state index in [1.165, 1.54) is 11.1 Å². The van der Waals surface area contributed by atoms with Gasteiger partial charge in [0.05, 0.1) is 22.3 Å². The highest BCUT2D eigenvalue weighted by molar-refractivity contribution is 6.73. The van der Waals surface area contributed by atoms with Crippen LogP contribution in [0.3, 0.4) is 0 Å². The molecule has 1 N–H and O–H groups in total. The molecule has 0 saturated heterocycles. The summed E-state index contributed by atoms with van der Waals surface area (Å²) in [7, 11) is 2.43. The minimum atomic E-state index is -0.346. The van der Waals surface area contributed by atoms with Crippen molar-refractivity contribution in [2.24, 2.45) is 0 Å². The van der Waals surface area contributed by atoms with Gasteiger partial charge in [-0.05, 0) is 120 Å². The lowest BCUT2D eigenvalue weighted by Gasteiger charge is -2.40. The van der Waals surface area contributed by atoms with Gasteiger partial charge in [0.25, 0.3) is 0 Å². The minimum Gasteiger partial charge on any atom is -0.457 e. The fourth-order valence-corrected chi connectivity index (χ4v) is 12.6. The number of H-pyrrole nitrogens is 1. The van der Waals surface area contributed by atoms with Gasteiger partial charge in [0.2, 0.25) is 5.71 Å². The molecule has 7 heteroatoms. The van der Waals surface area contributed by atoms with Gasteiger partial charge in [-0.25, -0.2) is 0 Å². The van der Waals surface area contributed by atoms with E-state index in [1.807, 2.05) is 6.07 Å². The molecule has 0 aliphatic carbocycles. The average Bonchev–Trinajstić information content (AvgIpc) is 4.15. The molecule has 2 aliphatic heterocycles. The second-order valence-electron chi connectivity index (χ2n) is 21.4. The quantitative estimate of drug-likeness (QED) is 0.138. The molecule has 11 aromatic carbocycles. The number of nitrogens with zero attached hydrogens (tertiary/aromatic N) is 3. The van der Waals surface area contributed by atoms with E-state index in [1.54, 1.807) is 0 Å². The van der Waals surface area contributed by atoms with Crippen LogP contribution in [0, 0.1) is 0 Å². The Labute approximate surface area is 466 Å². The van der Waals surface area contributed by atoms with E-state index in [9.17, 15) is 0 Å². The number of fused-ring (bicyclic) bond motifs is 9. The zero-order chi connectivity index (χ0) is 53.5. The van der Waals surface area contributed by atoms with Crippen LogP contribution in [0.5, 0.6) is 11.5 Å². The van der Waals surface area contributed by atoms with Crippen molar-refractivity contribution in [1.82, 2.24) is 4.98 Å². The van der Waals surface area contributed by atoms with E-state index in [0.29, 0.717) is 0 Å². The van der Waals surface area contributed by atoms with Gasteiger partial charge >= 0.3 is 0 Å². The second-order valence-corrected chi connectivity index (χ2v) is 21.4. The highest BCUT2D eigenvalue weighted by atomic mass is 16.5. The van der Waals surface area contributed by atoms with Crippen LogP contribution in [-0.2, 0) is 11.8 Å². The number of aromatic nitrogens is 1. The number of anilines is 9. The van der Waals surface area contributed by atoms with Gasteiger partial charge in [0.1, 0.15) is 17.1 Å². The van der Waals surface area contributed by atoms with E-state index >= 15 is 0 Å². The predicted molar refractivity (Wildman–Crippen MR) is 334 cm³/mol. The Morgan fingerprint density at radius 1 is 0.475 bits per heavy atom. The number of aromatic amines is 1. The Morgan fingerprint density at radius 2 is 1.09 bits per heavy atom. The summed E-state index contributed by atoms with van der Waals surface area (Å²) in [6.07, 6.45) is 0.903. The lowest BCUT2D eigenvalue weighted by molar-refractivity contribution is 0.418. The van der Waals surface area contributed by atoms with Crippen molar-refractivity contribution in [3.63, 3.8) is 0 Å². The van der Waals surface area contributed by atoms with Crippen LogP contribution in [-0.4, -0.2) is 12.3 Å². The first kappa shape index (κ1) is 47.3. The van der Waals surface area contributed by atoms with Gasteiger partial charge in [0.15, 0.2) is 7.28 Å². The fourth-order valence-electron chi connectivity index (χ4n) is 12.6. The second kappa shape index (κ2) is 18.9. The summed E-state index contributed by atoms with van der Waals surface area (Å²) < 4.78 is 13.8. The highest BCUT2D eigenvalue weighted by Gasteiger charge is 2.39. The first-order chi connectivity index (χ1) is 39.4. The molecule has 0 saturated carbocycles. The Balaban J connectivity index is 1.07. The molecule has 13 aromatic rings. The maximum atomic E-state index is 7.00. The van der Waals surface area contributed by atoms with E-state index in [4.69, 9.17) is 9.15 Å². The third-order valence-corrected chi connectivity index (χ3v) is 16.4. The van der Waals surface area contributed by atoms with Gasteiger partial charge < -0.3 is 28.8 Å². The van der Waals surface area contributed by atoms with Gasteiger partial charge in [0, 0.05) is 84.3 Å². The van der Waals surface area contributed by atoms with Crippen molar-refractivity contribution in [2.45, 2.75) is 32.6 Å². The Morgan fingerprint density at radius 3 is 1.76 bits per heavy atom. The summed E-state index contributed by atoms with van der Waals surface area (Å²) in [6.45, 7) is 6.88. The van der Waals surface area contributed by atoms with Crippen molar-refractivity contribution in [3.05, 3.63) is 271 Å². The molecule has 0 atom stereocenters. The summed E-state index contributed by atoms with van der Waals surface area (Å²) in [5.74, 6) is 1.74. The molecule has 0 amide bonds. The highest BCUT2D eigenvalue weighted by Crippen LogP contribution is 2.53. The molecule has 4 heterocycles. The van der Waals surface area contributed by atoms with Crippen molar-refractivity contribution < 1.29 is 9.15 Å². The number of rotatable bonds is 10. The minimum absolute atomic E-state index is 0.346. The molecule has 15 rings (SSSR count). The van der Waals surface area contributed by atoms with Crippen molar-refractivity contribution in [3.8, 4) is 33.8 Å². The molecule has 0 fully saturated rings. The van der Waals surface area contributed by atoms with Crippen molar-refractivity contribution in [1.29, 1.82) is 0 Å². The summed E-state index contributed by atoms with van der Waals surface area (Å²) in [4.78, 5) is 11.2. The van der Waals surface area contributed by atoms with Crippen LogP contribution in [0.25, 0.3) is 55.2 Å². The molecule has 0 unspecified atom stereocenters. The number of para-hydroxylation sites is 6. The molecular weight excluding hydrogens is 976 g/mol. The van der Waals surface area contributed by atoms with E-state index < -0.39 is 0 Å². The van der Waals surface area contributed by atoms with E-state index in [2.05, 4.69) is 296 Å². The normalized spacial score (nSPS) is 13.0. The Hall–Kier alpha value is -9.98. The molecular formula is C73H54BN4O2. The molecule has 2 aromatic heterocycles. The number of hydrogen-bond donors (Lipinski definition) is 1. The smallest absolute Gasteiger partial charge is 0.206 e. The molecule has 381 valence electrons. The molecule has 1 radical (unpaired) electrons. The first-order valence-electron chi connectivity index (χ1n) is 27.6. The summed E-state index contributed by atoms with van der Waals surface area (Å²) >= 11 is 0. The molecule has 2 aliphatic rings. The third-order valence-electron chi connectivity index (χ3n) is 16.4. The van der Waals surface area contributed by atoms with Crippen LogP contribution in [0.1, 0.15) is 37.5 Å². The number of furan rings is 1. The zero-order valence-corrected chi connectivity index (χ0v) is 44.7. The van der Waals surface area contributed by atoms with Crippen LogP contribution < -0.4 is 30.4 Å². The lowest BCUT2D eigenvalue weighted by atomic mass is 9.57. The van der Waals surface area contributed by atoms with Gasteiger partial charge in [-0.15, -0.1) is 0 Å². The molecule has 80 heavy (non-hydrogen) atoms. The number of aryl methyl sites for hydroxylation is 1. The van der Waals surface area contributed by atoms with Gasteiger partial charge in [-0.1, -0.05) is 184 Å². The summed E-state index contributed by atoms with van der Waals surface area (Å²) in [6, 6.07) is 91.7. The standard InChI is InChI=1S/C73H54BN4O2/c1-4-47-38-40-61(56(42-47)48-24-10-5-11-25-48)78-63-46-67-59(73(2,3)58-35-21-23-37-66(58)79-67)45-60(63)74-70-57(43-53(44-64(70)78)76(49-26-12-6-13-27-49)50-28-14-7-15-29-50)54-39-41-62(77(51-30-16-8-17-31-51)52-32-18-9-19-33-52)69-68-55-34-20-22-36-65(55)80-72(68)75-71(54)69/h5-46,75H,4H2,1-3H3. The molecule has 0 spiro atoms. The Kier molecular flexibility index (Phi) is 11.2.